The Morgan fingerprint density at radius 2 is 1.12 bits per heavy atom. The van der Waals surface area contributed by atoms with Crippen molar-refractivity contribution >= 4 is 60.5 Å². The van der Waals surface area contributed by atoms with Crippen molar-refractivity contribution in [2.24, 2.45) is 0 Å². The van der Waals surface area contributed by atoms with Crippen molar-refractivity contribution in [1.29, 1.82) is 0 Å². The van der Waals surface area contributed by atoms with Gasteiger partial charge in [0.05, 0.1) is 22.1 Å². The molecule has 0 unspecified atom stereocenters. The highest BCUT2D eigenvalue weighted by Gasteiger charge is 2.21. The minimum Gasteiger partial charge on any atom is -0.444 e. The Labute approximate surface area is 230 Å². The van der Waals surface area contributed by atoms with Gasteiger partial charge in [-0.15, -0.1) is 0 Å². The van der Waals surface area contributed by atoms with Gasteiger partial charge < -0.3 is 9.30 Å². The summed E-state index contributed by atoms with van der Waals surface area (Å²) in [5.74, 6) is 0. The van der Waals surface area contributed by atoms with E-state index in [1.165, 1.54) is 5.39 Å². The topological polar surface area (TPSA) is 36.2 Å². The average molecular weight is 517 g/mol. The second-order valence-corrected chi connectivity index (χ2v) is 10.2. The summed E-state index contributed by atoms with van der Waals surface area (Å²) < 4.78 is 9.92. The van der Waals surface area contributed by atoms with E-state index in [4.69, 9.17) is 4.74 Å². The fraction of sp³-hybridized carbons (Fsp3) is 0.0278. The molecule has 40 heavy (non-hydrogen) atoms. The summed E-state index contributed by atoms with van der Waals surface area (Å²) in [5, 5.41) is 6.61. The summed E-state index contributed by atoms with van der Waals surface area (Å²) in [6.45, 7) is 0.209. The van der Waals surface area contributed by atoms with E-state index in [1.54, 1.807) is 4.57 Å². The average Bonchev–Trinajstić information content (AvgIpc) is 3.50. The Kier molecular flexibility index (Phi) is 5.01. The number of carbonyl (C=O) groups excluding carboxylic acids is 1. The zero-order valence-corrected chi connectivity index (χ0v) is 21.6. The van der Waals surface area contributed by atoms with Crippen LogP contribution in [0.1, 0.15) is 5.56 Å². The fourth-order valence-corrected chi connectivity index (χ4v) is 6.00. The minimum atomic E-state index is -0.388. The summed E-state index contributed by atoms with van der Waals surface area (Å²) in [5.41, 5.74) is 5.88. The van der Waals surface area contributed by atoms with Gasteiger partial charge in [0, 0.05) is 27.2 Å². The van der Waals surface area contributed by atoms with Gasteiger partial charge >= 0.3 is 6.09 Å². The maximum Gasteiger partial charge on any atom is 0.419 e. The molecule has 0 bridgehead atoms. The first kappa shape index (κ1) is 22.6. The van der Waals surface area contributed by atoms with Crippen LogP contribution in [0.15, 0.2) is 133 Å². The number of nitrogens with zero attached hydrogens (tertiary/aromatic N) is 2. The first-order valence-corrected chi connectivity index (χ1v) is 13.4. The molecule has 0 atom stereocenters. The molecule has 0 radical (unpaired) electrons. The SMILES string of the molecule is O=C(OCc1ccccc1)n1c2cc3ccccc3cc2c2cc3c4ccccc4n(-c4ccccc4)c3cc21. The Balaban J connectivity index is 1.45. The van der Waals surface area contributed by atoms with E-state index in [0.29, 0.717) is 0 Å². The van der Waals surface area contributed by atoms with Crippen molar-refractivity contribution in [3.8, 4) is 5.69 Å². The lowest BCUT2D eigenvalue weighted by molar-refractivity contribution is 0.143. The van der Waals surface area contributed by atoms with Crippen LogP contribution in [0.4, 0.5) is 4.79 Å². The predicted octanol–water partition coefficient (Wildman–Crippen LogP) is 9.23. The summed E-state index contributed by atoms with van der Waals surface area (Å²) in [4.78, 5) is 13.8. The highest BCUT2D eigenvalue weighted by atomic mass is 16.5. The number of carbonyl (C=O) groups is 1. The molecule has 2 heterocycles. The summed E-state index contributed by atoms with van der Waals surface area (Å²) in [6.07, 6.45) is -0.388. The van der Waals surface area contributed by atoms with Crippen molar-refractivity contribution in [3.63, 3.8) is 0 Å². The normalized spacial score (nSPS) is 11.7. The van der Waals surface area contributed by atoms with Gasteiger partial charge in [0.25, 0.3) is 0 Å². The van der Waals surface area contributed by atoms with Crippen molar-refractivity contribution in [2.75, 3.05) is 0 Å². The third-order valence-corrected chi connectivity index (χ3v) is 7.83. The monoisotopic (exact) mass is 516 g/mol. The van der Waals surface area contributed by atoms with Crippen molar-refractivity contribution in [2.45, 2.75) is 6.61 Å². The lowest BCUT2D eigenvalue weighted by atomic mass is 10.0. The first-order valence-electron chi connectivity index (χ1n) is 13.4. The minimum absolute atomic E-state index is 0.209. The van der Waals surface area contributed by atoms with Gasteiger partial charge in [-0.05, 0) is 58.8 Å². The molecule has 0 aliphatic carbocycles. The van der Waals surface area contributed by atoms with Gasteiger partial charge in [0.2, 0.25) is 0 Å². The van der Waals surface area contributed by atoms with E-state index in [0.717, 1.165) is 60.2 Å². The smallest absolute Gasteiger partial charge is 0.419 e. The Morgan fingerprint density at radius 1 is 0.525 bits per heavy atom. The lowest BCUT2D eigenvalue weighted by Gasteiger charge is -2.10. The number of benzene rings is 6. The molecule has 0 aliphatic rings. The van der Waals surface area contributed by atoms with Crippen LogP contribution in [0.2, 0.25) is 0 Å². The maximum atomic E-state index is 13.8. The molecule has 0 fully saturated rings. The van der Waals surface area contributed by atoms with E-state index in [1.807, 2.05) is 48.5 Å². The molecule has 4 nitrogen and oxygen atoms in total. The molecule has 0 amide bonds. The fourth-order valence-electron chi connectivity index (χ4n) is 6.00. The summed E-state index contributed by atoms with van der Waals surface area (Å²) in [7, 11) is 0. The summed E-state index contributed by atoms with van der Waals surface area (Å²) in [6, 6.07) is 45.6. The van der Waals surface area contributed by atoms with Crippen LogP contribution in [0.25, 0.3) is 60.1 Å². The third-order valence-electron chi connectivity index (χ3n) is 7.83. The quantitative estimate of drug-likeness (QED) is 0.235. The molecule has 0 spiro atoms. The molecule has 190 valence electrons. The van der Waals surface area contributed by atoms with Crippen LogP contribution in [-0.2, 0) is 11.3 Å². The molecule has 0 N–H and O–H groups in total. The Hall–Kier alpha value is -5.35. The number of ether oxygens (including phenoxy) is 1. The number of hydrogen-bond donors (Lipinski definition) is 0. The first-order chi connectivity index (χ1) is 19.8. The van der Waals surface area contributed by atoms with Crippen molar-refractivity contribution in [1.82, 2.24) is 9.13 Å². The van der Waals surface area contributed by atoms with Gasteiger partial charge in [-0.2, -0.15) is 0 Å². The highest BCUT2D eigenvalue weighted by Crippen LogP contribution is 2.39. The van der Waals surface area contributed by atoms with Gasteiger partial charge in [-0.3, -0.25) is 0 Å². The van der Waals surface area contributed by atoms with Crippen molar-refractivity contribution in [3.05, 3.63) is 139 Å². The standard InChI is InChI=1S/C36H24N2O2/c39-36(40-23-24-11-3-1-4-12-24)38-33-20-26-14-8-7-13-25(26)19-29(33)31-21-30-28-17-9-10-18-32(28)37(34(30)22-35(31)38)27-15-5-2-6-16-27/h1-22H,23H2. The molecular formula is C36H24N2O2. The molecule has 8 aromatic rings. The number of hydrogen-bond acceptors (Lipinski definition) is 2. The lowest BCUT2D eigenvalue weighted by Crippen LogP contribution is -2.13. The van der Waals surface area contributed by atoms with Gasteiger partial charge in [-0.1, -0.05) is 91.0 Å². The number of para-hydroxylation sites is 2. The van der Waals surface area contributed by atoms with Gasteiger partial charge in [0.15, 0.2) is 0 Å². The predicted molar refractivity (Wildman–Crippen MR) is 163 cm³/mol. The second kappa shape index (κ2) is 8.85. The molecule has 2 aromatic heterocycles. The van der Waals surface area contributed by atoms with Crippen LogP contribution in [0, 0.1) is 0 Å². The largest absolute Gasteiger partial charge is 0.444 e. The number of fused-ring (bicyclic) bond motifs is 7. The molecule has 0 aliphatic heterocycles. The molecule has 8 rings (SSSR count). The van der Waals surface area contributed by atoms with Crippen molar-refractivity contribution < 1.29 is 9.53 Å². The number of aromatic nitrogens is 2. The second-order valence-electron chi connectivity index (χ2n) is 10.2. The molecule has 6 aromatic carbocycles. The Morgan fingerprint density at radius 3 is 1.93 bits per heavy atom. The molecular weight excluding hydrogens is 492 g/mol. The zero-order valence-electron chi connectivity index (χ0n) is 21.6. The van der Waals surface area contributed by atoms with Crippen LogP contribution in [-0.4, -0.2) is 15.2 Å². The van der Waals surface area contributed by atoms with E-state index in [-0.39, 0.29) is 12.7 Å². The molecule has 4 heteroatoms. The van der Waals surface area contributed by atoms with Crippen LogP contribution in [0.3, 0.4) is 0 Å². The molecule has 0 saturated heterocycles. The third kappa shape index (κ3) is 3.43. The van der Waals surface area contributed by atoms with Gasteiger partial charge in [-0.25, -0.2) is 9.36 Å². The van der Waals surface area contributed by atoms with E-state index in [2.05, 4.69) is 89.5 Å². The molecule has 0 saturated carbocycles. The Bertz CT molecular complexity index is 2220. The summed E-state index contributed by atoms with van der Waals surface area (Å²) >= 11 is 0. The van der Waals surface area contributed by atoms with Gasteiger partial charge in [0.1, 0.15) is 6.61 Å². The maximum absolute atomic E-state index is 13.8. The van der Waals surface area contributed by atoms with Crippen LogP contribution >= 0.6 is 0 Å². The van der Waals surface area contributed by atoms with E-state index < -0.39 is 0 Å². The zero-order chi connectivity index (χ0) is 26.6. The van der Waals surface area contributed by atoms with E-state index in [9.17, 15) is 4.79 Å². The van der Waals surface area contributed by atoms with E-state index >= 15 is 0 Å². The number of rotatable bonds is 3. The highest BCUT2D eigenvalue weighted by molar-refractivity contribution is 6.22. The van der Waals surface area contributed by atoms with Crippen LogP contribution < -0.4 is 0 Å². The van der Waals surface area contributed by atoms with Crippen LogP contribution in [0.5, 0.6) is 0 Å².